The normalized spacial score (nSPS) is 17.2. The van der Waals surface area contributed by atoms with Crippen molar-refractivity contribution in [1.82, 2.24) is 10.6 Å². The van der Waals surface area contributed by atoms with Crippen molar-refractivity contribution >= 4 is 0 Å². The predicted octanol–water partition coefficient (Wildman–Crippen LogP) is 1.96. The van der Waals surface area contributed by atoms with Crippen molar-refractivity contribution in [2.24, 2.45) is 5.92 Å². The summed E-state index contributed by atoms with van der Waals surface area (Å²) in [5, 5.41) is 6.80. The van der Waals surface area contributed by atoms with Gasteiger partial charge in [-0.25, -0.2) is 4.39 Å². The van der Waals surface area contributed by atoms with Crippen LogP contribution in [0.15, 0.2) is 24.3 Å². The van der Waals surface area contributed by atoms with Crippen LogP contribution in [-0.4, -0.2) is 26.2 Å². The van der Waals surface area contributed by atoms with Crippen molar-refractivity contribution in [2.45, 2.75) is 19.3 Å². The van der Waals surface area contributed by atoms with E-state index in [2.05, 4.69) is 10.6 Å². The Kier molecular flexibility index (Phi) is 4.95. The zero-order valence-corrected chi connectivity index (χ0v) is 10.2. The number of rotatable bonds is 5. The molecule has 0 amide bonds. The van der Waals surface area contributed by atoms with Gasteiger partial charge in [0.1, 0.15) is 5.82 Å². The van der Waals surface area contributed by atoms with E-state index in [1.165, 1.54) is 18.9 Å². The molecule has 0 radical (unpaired) electrons. The van der Waals surface area contributed by atoms with Gasteiger partial charge in [0.2, 0.25) is 0 Å². The molecule has 2 rings (SSSR count). The van der Waals surface area contributed by atoms with Crippen LogP contribution in [0, 0.1) is 11.7 Å². The number of hydrogen-bond donors (Lipinski definition) is 2. The molecule has 0 aliphatic carbocycles. The fraction of sp³-hybridized carbons (Fsp3) is 0.571. The fourth-order valence-electron chi connectivity index (χ4n) is 2.32. The summed E-state index contributed by atoms with van der Waals surface area (Å²) in [7, 11) is 0. The van der Waals surface area contributed by atoms with E-state index in [4.69, 9.17) is 0 Å². The maximum Gasteiger partial charge on any atom is 0.126 e. The van der Waals surface area contributed by atoms with E-state index < -0.39 is 0 Å². The third-order valence-corrected chi connectivity index (χ3v) is 3.42. The summed E-state index contributed by atoms with van der Waals surface area (Å²) in [6.07, 6.45) is 3.29. The number of nitrogens with one attached hydrogen (secondary N) is 2. The first-order valence-electron chi connectivity index (χ1n) is 6.51. The zero-order chi connectivity index (χ0) is 11.9. The largest absolute Gasteiger partial charge is 0.317 e. The van der Waals surface area contributed by atoms with E-state index in [0.717, 1.165) is 44.1 Å². The Morgan fingerprint density at radius 2 is 2.00 bits per heavy atom. The van der Waals surface area contributed by atoms with Gasteiger partial charge in [0.05, 0.1) is 0 Å². The molecular formula is C14H21FN2. The van der Waals surface area contributed by atoms with Gasteiger partial charge >= 0.3 is 0 Å². The van der Waals surface area contributed by atoms with Gasteiger partial charge in [-0.2, -0.15) is 0 Å². The smallest absolute Gasteiger partial charge is 0.126 e. The fourth-order valence-corrected chi connectivity index (χ4v) is 2.32. The summed E-state index contributed by atoms with van der Waals surface area (Å²) in [6.45, 7) is 4.21. The quantitative estimate of drug-likeness (QED) is 0.764. The highest BCUT2D eigenvalue weighted by atomic mass is 19.1. The molecule has 1 fully saturated rings. The second kappa shape index (κ2) is 6.72. The van der Waals surface area contributed by atoms with Gasteiger partial charge in [-0.15, -0.1) is 0 Å². The van der Waals surface area contributed by atoms with Crippen molar-refractivity contribution in [2.75, 3.05) is 26.2 Å². The van der Waals surface area contributed by atoms with Crippen LogP contribution in [0.1, 0.15) is 18.4 Å². The van der Waals surface area contributed by atoms with Gasteiger partial charge in [-0.05, 0) is 63.0 Å². The minimum atomic E-state index is -0.0869. The van der Waals surface area contributed by atoms with Gasteiger partial charge in [-0.3, -0.25) is 0 Å². The maximum atomic E-state index is 13.3. The first-order valence-corrected chi connectivity index (χ1v) is 6.51. The Morgan fingerprint density at radius 1 is 1.24 bits per heavy atom. The van der Waals surface area contributed by atoms with Crippen LogP contribution in [0.5, 0.6) is 0 Å². The monoisotopic (exact) mass is 236 g/mol. The number of hydrogen-bond acceptors (Lipinski definition) is 2. The minimum Gasteiger partial charge on any atom is -0.317 e. The first kappa shape index (κ1) is 12.5. The van der Waals surface area contributed by atoms with E-state index >= 15 is 0 Å². The molecule has 1 aliphatic rings. The number of piperidine rings is 1. The van der Waals surface area contributed by atoms with E-state index in [0.29, 0.717) is 0 Å². The molecule has 3 heteroatoms. The Labute approximate surface area is 103 Å². The molecule has 0 spiro atoms. The minimum absolute atomic E-state index is 0.0869. The lowest BCUT2D eigenvalue weighted by molar-refractivity contribution is 0.357. The second-order valence-electron chi connectivity index (χ2n) is 4.74. The third-order valence-electron chi connectivity index (χ3n) is 3.42. The molecule has 1 aromatic rings. The zero-order valence-electron chi connectivity index (χ0n) is 10.2. The van der Waals surface area contributed by atoms with Crippen LogP contribution < -0.4 is 10.6 Å². The van der Waals surface area contributed by atoms with Crippen molar-refractivity contribution in [1.29, 1.82) is 0 Å². The lowest BCUT2D eigenvalue weighted by Crippen LogP contribution is -2.34. The molecule has 0 saturated carbocycles. The molecule has 2 N–H and O–H groups in total. The molecule has 1 aliphatic heterocycles. The van der Waals surface area contributed by atoms with Gasteiger partial charge in [0.15, 0.2) is 0 Å². The topological polar surface area (TPSA) is 24.1 Å². The molecule has 0 atom stereocenters. The van der Waals surface area contributed by atoms with E-state index in [1.807, 2.05) is 12.1 Å². The van der Waals surface area contributed by atoms with E-state index in [9.17, 15) is 4.39 Å². The summed E-state index contributed by atoms with van der Waals surface area (Å²) < 4.78 is 13.3. The Hall–Kier alpha value is -0.930. The highest BCUT2D eigenvalue weighted by Crippen LogP contribution is 2.10. The van der Waals surface area contributed by atoms with Gasteiger partial charge < -0.3 is 10.6 Å². The molecule has 2 nitrogen and oxygen atoms in total. The maximum absolute atomic E-state index is 13.3. The Morgan fingerprint density at radius 3 is 2.76 bits per heavy atom. The molecular weight excluding hydrogens is 215 g/mol. The standard InChI is InChI=1S/C14H21FN2/c15-14-4-2-1-3-13(14)7-10-17-11-12-5-8-16-9-6-12/h1-4,12,16-17H,5-11H2. The molecule has 0 aromatic heterocycles. The van der Waals surface area contributed by atoms with Gasteiger partial charge in [-0.1, -0.05) is 18.2 Å². The SMILES string of the molecule is Fc1ccccc1CCNCC1CCNCC1. The van der Waals surface area contributed by atoms with Crippen LogP contribution in [-0.2, 0) is 6.42 Å². The average molecular weight is 236 g/mol. The van der Waals surface area contributed by atoms with Crippen molar-refractivity contribution in [3.63, 3.8) is 0 Å². The molecule has 94 valence electrons. The summed E-state index contributed by atoms with van der Waals surface area (Å²) >= 11 is 0. The summed E-state index contributed by atoms with van der Waals surface area (Å²) in [5.41, 5.74) is 0.810. The lowest BCUT2D eigenvalue weighted by atomic mass is 9.98. The molecule has 1 aromatic carbocycles. The molecule has 0 unspecified atom stereocenters. The predicted molar refractivity (Wildman–Crippen MR) is 68.6 cm³/mol. The summed E-state index contributed by atoms with van der Waals surface area (Å²) in [4.78, 5) is 0. The van der Waals surface area contributed by atoms with Crippen molar-refractivity contribution < 1.29 is 4.39 Å². The molecule has 17 heavy (non-hydrogen) atoms. The molecule has 1 heterocycles. The van der Waals surface area contributed by atoms with Crippen molar-refractivity contribution in [3.05, 3.63) is 35.6 Å². The highest BCUT2D eigenvalue weighted by Gasteiger charge is 2.11. The van der Waals surface area contributed by atoms with Crippen LogP contribution in [0.2, 0.25) is 0 Å². The third kappa shape index (κ3) is 4.10. The van der Waals surface area contributed by atoms with Crippen LogP contribution in [0.25, 0.3) is 0 Å². The van der Waals surface area contributed by atoms with Crippen molar-refractivity contribution in [3.8, 4) is 0 Å². The number of halogens is 1. The van der Waals surface area contributed by atoms with E-state index in [-0.39, 0.29) is 5.82 Å². The van der Waals surface area contributed by atoms with Gasteiger partial charge in [0, 0.05) is 0 Å². The lowest BCUT2D eigenvalue weighted by Gasteiger charge is -2.22. The van der Waals surface area contributed by atoms with Crippen LogP contribution in [0.3, 0.4) is 0 Å². The Bertz CT molecular complexity index is 335. The Balaban J connectivity index is 1.64. The van der Waals surface area contributed by atoms with Gasteiger partial charge in [0.25, 0.3) is 0 Å². The average Bonchev–Trinajstić information content (AvgIpc) is 2.38. The molecule has 0 bridgehead atoms. The summed E-state index contributed by atoms with van der Waals surface area (Å²) in [5.74, 6) is 0.702. The van der Waals surface area contributed by atoms with Crippen LogP contribution in [0.4, 0.5) is 4.39 Å². The molecule has 1 saturated heterocycles. The first-order chi connectivity index (χ1) is 8.36. The number of benzene rings is 1. The summed E-state index contributed by atoms with van der Waals surface area (Å²) in [6, 6.07) is 7.02. The second-order valence-corrected chi connectivity index (χ2v) is 4.74. The highest BCUT2D eigenvalue weighted by molar-refractivity contribution is 5.17. The van der Waals surface area contributed by atoms with E-state index in [1.54, 1.807) is 6.07 Å². The van der Waals surface area contributed by atoms with Crippen LogP contribution >= 0.6 is 0 Å².